The molecule has 2 aromatic carbocycles. The van der Waals surface area contributed by atoms with Crippen molar-refractivity contribution in [3.8, 4) is 11.3 Å². The average Bonchev–Trinajstić information content (AvgIpc) is 3.24. The number of halogens is 1. The lowest BCUT2D eigenvalue weighted by atomic mass is 10.1. The molecule has 1 aromatic heterocycles. The van der Waals surface area contributed by atoms with Crippen LogP contribution in [0.25, 0.3) is 17.4 Å². The molecule has 3 amide bonds. The van der Waals surface area contributed by atoms with Gasteiger partial charge in [-0.3, -0.25) is 9.69 Å². The molecule has 6 heteroatoms. The molecule has 0 bridgehead atoms. The van der Waals surface area contributed by atoms with Crippen molar-refractivity contribution in [3.63, 3.8) is 0 Å². The summed E-state index contributed by atoms with van der Waals surface area (Å²) in [6.07, 6.45) is 1.54. The molecule has 0 unspecified atom stereocenters. The van der Waals surface area contributed by atoms with Crippen molar-refractivity contribution in [2.75, 3.05) is 0 Å². The van der Waals surface area contributed by atoms with E-state index in [1.807, 2.05) is 43.3 Å². The second kappa shape index (κ2) is 7.37. The normalized spacial score (nSPS) is 15.4. The van der Waals surface area contributed by atoms with Crippen molar-refractivity contribution in [3.05, 3.63) is 88.3 Å². The predicted molar refractivity (Wildman–Crippen MR) is 107 cm³/mol. The van der Waals surface area contributed by atoms with Gasteiger partial charge in [-0.15, -0.1) is 0 Å². The van der Waals surface area contributed by atoms with E-state index >= 15 is 0 Å². The van der Waals surface area contributed by atoms with Gasteiger partial charge in [-0.2, -0.15) is 0 Å². The van der Waals surface area contributed by atoms with E-state index in [1.54, 1.807) is 24.3 Å². The Bertz CT molecular complexity index is 1070. The monoisotopic (exact) mass is 392 g/mol. The van der Waals surface area contributed by atoms with Gasteiger partial charge in [-0.25, -0.2) is 4.79 Å². The fourth-order valence-corrected chi connectivity index (χ4v) is 3.06. The minimum absolute atomic E-state index is 0.189. The summed E-state index contributed by atoms with van der Waals surface area (Å²) in [5.74, 6) is 0.748. The zero-order valence-corrected chi connectivity index (χ0v) is 15.9. The van der Waals surface area contributed by atoms with Gasteiger partial charge in [0, 0.05) is 16.7 Å². The van der Waals surface area contributed by atoms with Crippen LogP contribution in [0.1, 0.15) is 16.9 Å². The smallest absolute Gasteiger partial charge is 0.329 e. The van der Waals surface area contributed by atoms with Gasteiger partial charge in [0.05, 0.1) is 6.54 Å². The largest absolute Gasteiger partial charge is 0.457 e. The standard InChI is InChI=1S/C22H17ClN2O3/c1-14-2-4-15(5-3-14)13-25-21(26)19(24-22(25)27)12-18-10-11-20(28-18)16-6-8-17(23)9-7-16/h2-12H,13H2,1H3,(H,24,27). The van der Waals surface area contributed by atoms with Gasteiger partial charge >= 0.3 is 6.03 Å². The molecule has 1 aliphatic rings. The first-order chi connectivity index (χ1) is 13.5. The maximum Gasteiger partial charge on any atom is 0.329 e. The second-order valence-electron chi connectivity index (χ2n) is 6.57. The van der Waals surface area contributed by atoms with Crippen LogP contribution < -0.4 is 5.32 Å². The second-order valence-corrected chi connectivity index (χ2v) is 7.01. The summed E-state index contributed by atoms with van der Waals surface area (Å²) in [5.41, 5.74) is 3.07. The van der Waals surface area contributed by atoms with Crippen LogP contribution in [-0.2, 0) is 11.3 Å². The topological polar surface area (TPSA) is 62.6 Å². The Hall–Kier alpha value is -3.31. The molecule has 28 heavy (non-hydrogen) atoms. The van der Waals surface area contributed by atoms with Crippen molar-refractivity contribution >= 4 is 29.6 Å². The lowest BCUT2D eigenvalue weighted by Crippen LogP contribution is -2.30. The first-order valence-electron chi connectivity index (χ1n) is 8.75. The summed E-state index contributed by atoms with van der Waals surface area (Å²) in [6, 6.07) is 18.1. The summed E-state index contributed by atoms with van der Waals surface area (Å²) in [7, 11) is 0. The van der Waals surface area contributed by atoms with Crippen LogP contribution in [0.3, 0.4) is 0 Å². The van der Waals surface area contributed by atoms with Crippen LogP contribution in [0.15, 0.2) is 70.8 Å². The fourth-order valence-electron chi connectivity index (χ4n) is 2.93. The Morgan fingerprint density at radius 2 is 1.71 bits per heavy atom. The Kier molecular flexibility index (Phi) is 4.75. The predicted octanol–water partition coefficient (Wildman–Crippen LogP) is 5.00. The number of aryl methyl sites for hydroxylation is 1. The van der Waals surface area contributed by atoms with Gasteiger partial charge in [-0.05, 0) is 48.9 Å². The van der Waals surface area contributed by atoms with Crippen molar-refractivity contribution in [1.82, 2.24) is 10.2 Å². The van der Waals surface area contributed by atoms with E-state index in [0.717, 1.165) is 16.7 Å². The third kappa shape index (κ3) is 3.70. The number of carbonyl (C=O) groups excluding carboxylic acids is 2. The SMILES string of the molecule is Cc1ccc(CN2C(=O)NC(=Cc3ccc(-c4ccc(Cl)cc4)o3)C2=O)cc1. The highest BCUT2D eigenvalue weighted by Crippen LogP contribution is 2.25. The first-order valence-corrected chi connectivity index (χ1v) is 9.13. The maximum absolute atomic E-state index is 12.6. The Labute approximate surface area is 167 Å². The zero-order chi connectivity index (χ0) is 19.7. The molecule has 1 aliphatic heterocycles. The van der Waals surface area contributed by atoms with Gasteiger partial charge < -0.3 is 9.73 Å². The third-order valence-electron chi connectivity index (χ3n) is 4.47. The summed E-state index contributed by atoms with van der Waals surface area (Å²) in [4.78, 5) is 26.0. The van der Waals surface area contributed by atoms with E-state index in [-0.39, 0.29) is 18.1 Å². The minimum Gasteiger partial charge on any atom is -0.457 e. The van der Waals surface area contributed by atoms with Crippen LogP contribution in [0.4, 0.5) is 4.79 Å². The summed E-state index contributed by atoms with van der Waals surface area (Å²) in [5, 5.41) is 3.26. The molecular formula is C22H17ClN2O3. The van der Waals surface area contributed by atoms with Crippen LogP contribution in [0, 0.1) is 6.92 Å². The number of imide groups is 1. The van der Waals surface area contributed by atoms with Gasteiger partial charge in [-0.1, -0.05) is 41.4 Å². The molecule has 3 aromatic rings. The first kappa shape index (κ1) is 18.1. The Morgan fingerprint density at radius 1 is 1.00 bits per heavy atom. The number of furan rings is 1. The zero-order valence-electron chi connectivity index (χ0n) is 15.1. The summed E-state index contributed by atoms with van der Waals surface area (Å²) >= 11 is 5.90. The van der Waals surface area contributed by atoms with Gasteiger partial charge in [0.15, 0.2) is 0 Å². The number of carbonyl (C=O) groups is 2. The number of nitrogens with zero attached hydrogens (tertiary/aromatic N) is 1. The highest BCUT2D eigenvalue weighted by atomic mass is 35.5. The van der Waals surface area contributed by atoms with Crippen molar-refractivity contribution in [1.29, 1.82) is 0 Å². The molecule has 1 N–H and O–H groups in total. The molecule has 1 saturated heterocycles. The number of hydrogen-bond donors (Lipinski definition) is 1. The molecule has 1 fully saturated rings. The van der Waals surface area contributed by atoms with Crippen molar-refractivity contribution < 1.29 is 14.0 Å². The number of hydrogen-bond acceptors (Lipinski definition) is 3. The molecule has 0 saturated carbocycles. The highest BCUT2D eigenvalue weighted by molar-refractivity contribution is 6.30. The quantitative estimate of drug-likeness (QED) is 0.502. The molecule has 4 rings (SSSR count). The van der Waals surface area contributed by atoms with Crippen LogP contribution in [0.5, 0.6) is 0 Å². The lowest BCUT2D eigenvalue weighted by molar-refractivity contribution is -0.123. The fraction of sp³-hybridized carbons (Fsp3) is 0.0909. The van der Waals surface area contributed by atoms with E-state index in [2.05, 4.69) is 5.32 Å². The third-order valence-corrected chi connectivity index (χ3v) is 4.72. The number of amides is 3. The molecule has 0 atom stereocenters. The average molecular weight is 393 g/mol. The van der Waals surface area contributed by atoms with E-state index in [4.69, 9.17) is 16.0 Å². The number of urea groups is 1. The summed E-state index contributed by atoms with van der Waals surface area (Å²) in [6.45, 7) is 2.20. The van der Waals surface area contributed by atoms with Gasteiger partial charge in [0.25, 0.3) is 5.91 Å². The number of nitrogens with one attached hydrogen (secondary N) is 1. The minimum atomic E-state index is -0.443. The van der Waals surface area contributed by atoms with Crippen molar-refractivity contribution in [2.45, 2.75) is 13.5 Å². The number of benzene rings is 2. The van der Waals surface area contributed by atoms with E-state index in [0.29, 0.717) is 16.5 Å². The van der Waals surface area contributed by atoms with Gasteiger partial charge in [0.2, 0.25) is 0 Å². The van der Waals surface area contributed by atoms with E-state index < -0.39 is 6.03 Å². The molecular weight excluding hydrogens is 376 g/mol. The van der Waals surface area contributed by atoms with E-state index in [9.17, 15) is 9.59 Å². The van der Waals surface area contributed by atoms with Crippen LogP contribution in [0.2, 0.25) is 5.02 Å². The molecule has 140 valence electrons. The lowest BCUT2D eigenvalue weighted by Gasteiger charge is -2.11. The molecule has 0 radical (unpaired) electrons. The number of rotatable bonds is 4. The van der Waals surface area contributed by atoms with Gasteiger partial charge in [0.1, 0.15) is 17.2 Å². The summed E-state index contributed by atoms with van der Waals surface area (Å²) < 4.78 is 5.78. The maximum atomic E-state index is 12.6. The molecule has 5 nitrogen and oxygen atoms in total. The van der Waals surface area contributed by atoms with Crippen LogP contribution >= 0.6 is 11.6 Å². The Balaban J connectivity index is 1.52. The van der Waals surface area contributed by atoms with E-state index in [1.165, 1.54) is 11.0 Å². The molecule has 0 aliphatic carbocycles. The molecule has 0 spiro atoms. The Morgan fingerprint density at radius 3 is 2.43 bits per heavy atom. The highest BCUT2D eigenvalue weighted by Gasteiger charge is 2.33. The molecule has 2 heterocycles. The van der Waals surface area contributed by atoms with Crippen LogP contribution in [-0.4, -0.2) is 16.8 Å². The van der Waals surface area contributed by atoms with Crippen molar-refractivity contribution in [2.24, 2.45) is 0 Å².